The van der Waals surface area contributed by atoms with Crippen LogP contribution in [0.1, 0.15) is 25.8 Å². The summed E-state index contributed by atoms with van der Waals surface area (Å²) >= 11 is 0. The zero-order valence-electron chi connectivity index (χ0n) is 22.5. The number of aliphatic hydroxyl groups is 5. The average molecular weight is 563 g/mol. The Hall–Kier alpha value is -3.39. The van der Waals surface area contributed by atoms with E-state index in [9.17, 15) is 35.4 Å². The van der Waals surface area contributed by atoms with Crippen LogP contribution < -0.4 is 19.6 Å². The summed E-state index contributed by atoms with van der Waals surface area (Å²) in [6.45, 7) is 2.53. The van der Waals surface area contributed by atoms with E-state index in [2.05, 4.69) is 0 Å². The number of phenols is 1. The number of hydrogen-bond acceptors (Lipinski definition) is 12. The molecule has 5 atom stereocenters. The van der Waals surface area contributed by atoms with E-state index in [1.54, 1.807) is 32.0 Å². The van der Waals surface area contributed by atoms with Gasteiger partial charge in [-0.3, -0.25) is 4.79 Å². The Labute approximate surface area is 229 Å². The number of hydrogen-bond donors (Lipinski definition) is 6. The van der Waals surface area contributed by atoms with Gasteiger partial charge < -0.3 is 54.0 Å². The molecule has 0 spiro atoms. The molecule has 0 aliphatic carbocycles. The number of aryl methyl sites for hydroxylation is 1. The minimum atomic E-state index is -1.71. The molecule has 12 nitrogen and oxygen atoms in total. The first-order valence-corrected chi connectivity index (χ1v) is 12.6. The number of phenolic OH excluding ortho intramolecular Hbond substituents is 1. The van der Waals surface area contributed by atoms with Gasteiger partial charge in [0.15, 0.2) is 11.5 Å². The molecule has 1 fully saturated rings. The first-order valence-electron chi connectivity index (χ1n) is 12.6. The van der Waals surface area contributed by atoms with Crippen molar-refractivity contribution < 1.29 is 54.0 Å². The standard InChI is InChI=1S/C28H34O12/c1-28(2,35)8-7-14-18(39-27-25(34)24(33)23(32)20(11-29)40-27)10-16(30)21-22(31)15(12-38-26(14)21)13-5-6-17(36-3)19(9-13)37-4/h5-6,9-10,12,20,23-25,27,29-30,32-35H,7-8,11H2,1-4H3/t20-,23-,24+,25-,27-/m1/s1. The lowest BCUT2D eigenvalue weighted by atomic mass is 9.95. The molecule has 0 unspecified atom stereocenters. The monoisotopic (exact) mass is 562 g/mol. The highest BCUT2D eigenvalue weighted by Gasteiger charge is 2.45. The van der Waals surface area contributed by atoms with Gasteiger partial charge in [0.05, 0.1) is 32.0 Å². The fourth-order valence-electron chi connectivity index (χ4n) is 4.58. The van der Waals surface area contributed by atoms with Crippen molar-refractivity contribution in [1.82, 2.24) is 0 Å². The average Bonchev–Trinajstić information content (AvgIpc) is 2.92. The highest BCUT2D eigenvalue weighted by molar-refractivity contribution is 5.91. The molecular formula is C28H34O12. The van der Waals surface area contributed by atoms with Crippen LogP contribution in [0.3, 0.4) is 0 Å². The van der Waals surface area contributed by atoms with Crippen molar-refractivity contribution in [2.24, 2.45) is 0 Å². The highest BCUT2D eigenvalue weighted by atomic mass is 16.7. The molecule has 3 aromatic rings. The van der Waals surface area contributed by atoms with Gasteiger partial charge in [-0.05, 0) is 44.4 Å². The number of fused-ring (bicyclic) bond motifs is 1. The minimum absolute atomic E-state index is 0.0157. The summed E-state index contributed by atoms with van der Waals surface area (Å²) < 4.78 is 27.8. The number of rotatable bonds is 9. The zero-order valence-corrected chi connectivity index (χ0v) is 22.5. The number of ether oxygens (including phenoxy) is 4. The maximum absolute atomic E-state index is 13.6. The number of aromatic hydroxyl groups is 1. The zero-order chi connectivity index (χ0) is 29.4. The van der Waals surface area contributed by atoms with Gasteiger partial charge in [-0.1, -0.05) is 6.07 Å². The Kier molecular flexibility index (Phi) is 8.59. The molecule has 0 radical (unpaired) electrons. The van der Waals surface area contributed by atoms with Crippen LogP contribution in [0.4, 0.5) is 0 Å². The van der Waals surface area contributed by atoms with Crippen LogP contribution in [-0.4, -0.2) is 87.8 Å². The van der Waals surface area contributed by atoms with Crippen molar-refractivity contribution in [3.8, 4) is 34.1 Å². The molecule has 6 N–H and O–H groups in total. The first kappa shape index (κ1) is 29.6. The molecule has 218 valence electrons. The first-order chi connectivity index (χ1) is 18.9. The highest BCUT2D eigenvalue weighted by Crippen LogP contribution is 2.39. The maximum atomic E-state index is 13.6. The molecule has 1 saturated heterocycles. The van der Waals surface area contributed by atoms with E-state index in [1.807, 2.05) is 0 Å². The molecule has 1 aliphatic rings. The van der Waals surface area contributed by atoms with Crippen LogP contribution in [0.25, 0.3) is 22.1 Å². The lowest BCUT2D eigenvalue weighted by Gasteiger charge is -2.39. The largest absolute Gasteiger partial charge is 0.507 e. The Balaban J connectivity index is 1.84. The molecule has 1 aromatic heterocycles. The predicted molar refractivity (Wildman–Crippen MR) is 142 cm³/mol. The van der Waals surface area contributed by atoms with Gasteiger partial charge in [0.1, 0.15) is 53.1 Å². The van der Waals surface area contributed by atoms with E-state index < -0.39 is 54.1 Å². The molecular weight excluding hydrogens is 528 g/mol. The molecule has 0 bridgehead atoms. The second-order valence-corrected chi connectivity index (χ2v) is 10.3. The maximum Gasteiger partial charge on any atom is 0.229 e. The van der Waals surface area contributed by atoms with Crippen molar-refractivity contribution in [3.05, 3.63) is 46.3 Å². The van der Waals surface area contributed by atoms with Crippen molar-refractivity contribution in [1.29, 1.82) is 0 Å². The summed E-state index contributed by atoms with van der Waals surface area (Å²) in [7, 11) is 2.95. The SMILES string of the molecule is COc1ccc(-c2coc3c(CCC(C)(C)O)c(O[C@@H]4O[C@H](CO)[C@@H](O)[C@H](O)[C@H]4O)cc(O)c3c2=O)cc1OC. The molecule has 40 heavy (non-hydrogen) atoms. The summed E-state index contributed by atoms with van der Waals surface area (Å²) in [6.07, 6.45) is -6.22. The van der Waals surface area contributed by atoms with E-state index in [4.69, 9.17) is 23.4 Å². The van der Waals surface area contributed by atoms with Gasteiger partial charge in [0, 0.05) is 11.6 Å². The second kappa shape index (κ2) is 11.6. The van der Waals surface area contributed by atoms with Crippen molar-refractivity contribution >= 4 is 11.0 Å². The smallest absolute Gasteiger partial charge is 0.229 e. The van der Waals surface area contributed by atoms with Crippen LogP contribution >= 0.6 is 0 Å². The molecule has 1 aliphatic heterocycles. The van der Waals surface area contributed by atoms with Crippen molar-refractivity contribution in [2.45, 2.75) is 63.0 Å². The number of aliphatic hydroxyl groups excluding tert-OH is 4. The third-order valence-corrected chi connectivity index (χ3v) is 6.86. The predicted octanol–water partition coefficient (Wildman–Crippen LogP) is 1.06. The lowest BCUT2D eigenvalue weighted by molar-refractivity contribution is -0.277. The van der Waals surface area contributed by atoms with Gasteiger partial charge >= 0.3 is 0 Å². The lowest BCUT2D eigenvalue weighted by Crippen LogP contribution is -2.60. The van der Waals surface area contributed by atoms with E-state index in [-0.39, 0.29) is 40.7 Å². The molecule has 2 heterocycles. The Morgan fingerprint density at radius 3 is 2.30 bits per heavy atom. The van der Waals surface area contributed by atoms with Gasteiger partial charge in [0.25, 0.3) is 0 Å². The number of benzene rings is 2. The Morgan fingerprint density at radius 1 is 0.975 bits per heavy atom. The summed E-state index contributed by atoms with van der Waals surface area (Å²) in [5, 5.41) is 61.4. The fraction of sp³-hybridized carbons (Fsp3) is 0.464. The van der Waals surface area contributed by atoms with Crippen LogP contribution in [-0.2, 0) is 11.2 Å². The molecule has 0 amide bonds. The third kappa shape index (κ3) is 5.73. The minimum Gasteiger partial charge on any atom is -0.507 e. The van der Waals surface area contributed by atoms with Gasteiger partial charge in [0.2, 0.25) is 11.7 Å². The quantitative estimate of drug-likeness (QED) is 0.218. The summed E-state index contributed by atoms with van der Waals surface area (Å²) in [4.78, 5) is 13.6. The van der Waals surface area contributed by atoms with Crippen molar-refractivity contribution in [2.75, 3.05) is 20.8 Å². The summed E-state index contributed by atoms with van der Waals surface area (Å²) in [6, 6.07) is 6.02. The van der Waals surface area contributed by atoms with Gasteiger partial charge in [-0.25, -0.2) is 0 Å². The summed E-state index contributed by atoms with van der Waals surface area (Å²) in [5.41, 5.74) is -0.812. The van der Waals surface area contributed by atoms with Crippen LogP contribution in [0, 0.1) is 0 Å². The molecule has 0 saturated carbocycles. The molecule has 12 heteroatoms. The number of methoxy groups -OCH3 is 2. The molecule has 2 aromatic carbocycles. The van der Waals surface area contributed by atoms with Crippen LogP contribution in [0.2, 0.25) is 0 Å². The normalized spacial score (nSPS) is 23.3. The van der Waals surface area contributed by atoms with E-state index in [0.29, 0.717) is 17.1 Å². The van der Waals surface area contributed by atoms with Gasteiger partial charge in [-0.2, -0.15) is 0 Å². The summed E-state index contributed by atoms with van der Waals surface area (Å²) in [5.74, 6) is 0.305. The van der Waals surface area contributed by atoms with Gasteiger partial charge in [-0.15, -0.1) is 0 Å². The van der Waals surface area contributed by atoms with E-state index >= 15 is 0 Å². The van der Waals surface area contributed by atoms with Crippen molar-refractivity contribution in [3.63, 3.8) is 0 Å². The van der Waals surface area contributed by atoms with E-state index in [0.717, 1.165) is 6.07 Å². The molecule has 4 rings (SSSR count). The van der Waals surface area contributed by atoms with Crippen LogP contribution in [0.15, 0.2) is 39.7 Å². The Bertz CT molecular complexity index is 1410. The second-order valence-electron chi connectivity index (χ2n) is 10.3. The van der Waals surface area contributed by atoms with E-state index in [1.165, 1.54) is 20.5 Å². The third-order valence-electron chi connectivity index (χ3n) is 6.86. The fourth-order valence-corrected chi connectivity index (χ4v) is 4.58. The topological polar surface area (TPSA) is 189 Å². The van der Waals surface area contributed by atoms with Crippen LogP contribution in [0.5, 0.6) is 23.0 Å². The Morgan fingerprint density at radius 2 is 1.68 bits per heavy atom.